The molecule has 0 unspecified atom stereocenters. The number of unbranched alkanes of at least 4 members (excludes halogenated alkanes) is 2. The van der Waals surface area contributed by atoms with Gasteiger partial charge >= 0.3 is 0 Å². The van der Waals surface area contributed by atoms with Crippen molar-refractivity contribution in [1.82, 2.24) is 9.97 Å². The van der Waals surface area contributed by atoms with Crippen LogP contribution < -0.4 is 4.90 Å². The van der Waals surface area contributed by atoms with Crippen LogP contribution in [0.4, 0.5) is 5.82 Å². The Morgan fingerprint density at radius 1 is 1.11 bits per heavy atom. The smallest absolute Gasteiger partial charge is 0.171 e. The van der Waals surface area contributed by atoms with E-state index in [-0.39, 0.29) is 0 Å². The highest BCUT2D eigenvalue weighted by atomic mass is 35.5. The number of hydrogen-bond donors (Lipinski definition) is 0. The number of halogens is 1. The van der Waals surface area contributed by atoms with Crippen molar-refractivity contribution in [2.75, 3.05) is 11.4 Å². The first-order chi connectivity index (χ1) is 8.47. The van der Waals surface area contributed by atoms with Crippen molar-refractivity contribution >= 4 is 17.4 Å². The van der Waals surface area contributed by atoms with Crippen LogP contribution in [0.15, 0.2) is 0 Å². The molecule has 0 radical (unpaired) electrons. The molecule has 0 aliphatic carbocycles. The molecule has 0 fully saturated rings. The van der Waals surface area contributed by atoms with Crippen LogP contribution in [0.2, 0.25) is 5.15 Å². The molecule has 0 N–H and O–H groups in total. The summed E-state index contributed by atoms with van der Waals surface area (Å²) in [5.41, 5.74) is 1.86. The summed E-state index contributed by atoms with van der Waals surface area (Å²) in [6.07, 6.45) is 3.62. The summed E-state index contributed by atoms with van der Waals surface area (Å²) in [6, 6.07) is 0.385. The maximum absolute atomic E-state index is 6.24. The third-order valence-electron chi connectivity index (χ3n) is 3.15. The molecule has 0 amide bonds. The van der Waals surface area contributed by atoms with Crippen molar-refractivity contribution in [3.05, 3.63) is 16.5 Å². The van der Waals surface area contributed by atoms with E-state index in [0.717, 1.165) is 23.8 Å². The van der Waals surface area contributed by atoms with Gasteiger partial charge in [0.15, 0.2) is 11.0 Å². The molecule has 0 aromatic carbocycles. The maximum atomic E-state index is 6.24. The predicted molar refractivity (Wildman–Crippen MR) is 78.5 cm³/mol. The lowest BCUT2D eigenvalue weighted by atomic mass is 10.2. The summed E-state index contributed by atoms with van der Waals surface area (Å²) in [4.78, 5) is 11.2. The van der Waals surface area contributed by atoms with Crippen molar-refractivity contribution < 1.29 is 0 Å². The van der Waals surface area contributed by atoms with Gasteiger partial charge in [-0.15, -0.1) is 0 Å². The van der Waals surface area contributed by atoms with Crippen molar-refractivity contribution in [3.63, 3.8) is 0 Å². The monoisotopic (exact) mass is 269 g/mol. The number of aromatic nitrogens is 2. The van der Waals surface area contributed by atoms with E-state index < -0.39 is 0 Å². The van der Waals surface area contributed by atoms with Gasteiger partial charge in [0.2, 0.25) is 0 Å². The van der Waals surface area contributed by atoms with E-state index in [1.807, 2.05) is 13.8 Å². The van der Waals surface area contributed by atoms with Gasteiger partial charge in [0, 0.05) is 12.6 Å². The molecule has 1 heterocycles. The molecular formula is C14H24ClN3. The lowest BCUT2D eigenvalue weighted by molar-refractivity contribution is 0.617. The van der Waals surface area contributed by atoms with Crippen LogP contribution in [0.3, 0.4) is 0 Å². The zero-order valence-corrected chi connectivity index (χ0v) is 12.9. The second-order valence-electron chi connectivity index (χ2n) is 5.00. The molecule has 0 saturated carbocycles. The van der Waals surface area contributed by atoms with Gasteiger partial charge in [-0.05, 0) is 34.1 Å². The molecular weight excluding hydrogens is 246 g/mol. The second kappa shape index (κ2) is 6.93. The van der Waals surface area contributed by atoms with E-state index in [1.54, 1.807) is 0 Å². The van der Waals surface area contributed by atoms with Gasteiger partial charge in [0.05, 0.1) is 11.4 Å². The normalized spacial score (nSPS) is 11.1. The molecule has 0 spiro atoms. The zero-order chi connectivity index (χ0) is 13.7. The van der Waals surface area contributed by atoms with E-state index in [1.165, 1.54) is 19.3 Å². The molecule has 0 bridgehead atoms. The fourth-order valence-electron chi connectivity index (χ4n) is 1.89. The first-order valence-electron chi connectivity index (χ1n) is 6.74. The Hall–Kier alpha value is -0.830. The summed E-state index contributed by atoms with van der Waals surface area (Å²) >= 11 is 6.24. The zero-order valence-electron chi connectivity index (χ0n) is 12.1. The van der Waals surface area contributed by atoms with Crippen LogP contribution in [-0.4, -0.2) is 22.6 Å². The van der Waals surface area contributed by atoms with E-state index in [2.05, 4.69) is 35.6 Å². The van der Waals surface area contributed by atoms with Crippen LogP contribution in [-0.2, 0) is 0 Å². The standard InChI is InChI=1S/C14H24ClN3/c1-6-7-8-9-18(10(2)3)14-13(15)16-11(4)12(5)17-14/h10H,6-9H2,1-5H3. The van der Waals surface area contributed by atoms with Crippen LogP contribution in [0.1, 0.15) is 51.4 Å². The highest BCUT2D eigenvalue weighted by Gasteiger charge is 2.17. The first kappa shape index (κ1) is 15.2. The fourth-order valence-corrected chi connectivity index (χ4v) is 2.17. The van der Waals surface area contributed by atoms with Crippen LogP contribution in [0.5, 0.6) is 0 Å². The Bertz CT molecular complexity index is 391. The molecule has 1 aromatic rings. The largest absolute Gasteiger partial charge is 0.352 e. The molecule has 102 valence electrons. The Kier molecular flexibility index (Phi) is 5.86. The highest BCUT2D eigenvalue weighted by molar-refractivity contribution is 6.31. The number of hydrogen-bond acceptors (Lipinski definition) is 3. The van der Waals surface area contributed by atoms with Crippen molar-refractivity contribution in [3.8, 4) is 0 Å². The lowest BCUT2D eigenvalue weighted by Gasteiger charge is -2.28. The molecule has 1 aromatic heterocycles. The topological polar surface area (TPSA) is 29.0 Å². The van der Waals surface area contributed by atoms with Gasteiger partial charge in [-0.1, -0.05) is 31.4 Å². The molecule has 4 heteroatoms. The molecule has 0 aliphatic heterocycles. The second-order valence-corrected chi connectivity index (χ2v) is 5.36. The molecule has 0 saturated heterocycles. The summed E-state index contributed by atoms with van der Waals surface area (Å²) in [5.74, 6) is 0.825. The third kappa shape index (κ3) is 3.84. The summed E-state index contributed by atoms with van der Waals surface area (Å²) < 4.78 is 0. The molecule has 18 heavy (non-hydrogen) atoms. The maximum Gasteiger partial charge on any atom is 0.171 e. The molecule has 0 atom stereocenters. The SMILES string of the molecule is CCCCCN(c1nc(C)c(C)nc1Cl)C(C)C. The lowest BCUT2D eigenvalue weighted by Crippen LogP contribution is -2.33. The van der Waals surface area contributed by atoms with Crippen LogP contribution in [0, 0.1) is 13.8 Å². The average molecular weight is 270 g/mol. The van der Waals surface area contributed by atoms with Gasteiger partial charge in [-0.2, -0.15) is 0 Å². The Balaban J connectivity index is 2.95. The average Bonchev–Trinajstić information content (AvgIpc) is 2.30. The molecule has 1 rings (SSSR count). The predicted octanol–water partition coefficient (Wildman–Crippen LogP) is 4.15. The Morgan fingerprint density at radius 2 is 1.72 bits per heavy atom. The summed E-state index contributed by atoms with van der Waals surface area (Å²) in [6.45, 7) is 11.4. The Morgan fingerprint density at radius 3 is 2.28 bits per heavy atom. The van der Waals surface area contributed by atoms with Crippen molar-refractivity contribution in [1.29, 1.82) is 0 Å². The van der Waals surface area contributed by atoms with Crippen molar-refractivity contribution in [2.24, 2.45) is 0 Å². The minimum atomic E-state index is 0.385. The van der Waals surface area contributed by atoms with Gasteiger partial charge < -0.3 is 4.90 Å². The number of nitrogens with zero attached hydrogens (tertiary/aromatic N) is 3. The highest BCUT2D eigenvalue weighted by Crippen LogP contribution is 2.25. The van der Waals surface area contributed by atoms with E-state index in [4.69, 9.17) is 11.6 Å². The summed E-state index contributed by atoms with van der Waals surface area (Å²) in [5, 5.41) is 0.517. The molecule has 3 nitrogen and oxygen atoms in total. The van der Waals surface area contributed by atoms with Gasteiger partial charge in [-0.25, -0.2) is 9.97 Å². The molecule has 0 aliphatic rings. The van der Waals surface area contributed by atoms with Gasteiger partial charge in [0.25, 0.3) is 0 Å². The van der Waals surface area contributed by atoms with Crippen LogP contribution in [0.25, 0.3) is 0 Å². The third-order valence-corrected chi connectivity index (χ3v) is 3.40. The minimum Gasteiger partial charge on any atom is -0.352 e. The van der Waals surface area contributed by atoms with E-state index >= 15 is 0 Å². The van der Waals surface area contributed by atoms with Gasteiger partial charge in [0.1, 0.15) is 0 Å². The summed E-state index contributed by atoms with van der Waals surface area (Å²) in [7, 11) is 0. The number of anilines is 1. The van der Waals surface area contributed by atoms with Gasteiger partial charge in [-0.3, -0.25) is 0 Å². The van der Waals surface area contributed by atoms with Crippen molar-refractivity contribution in [2.45, 2.75) is 59.9 Å². The van der Waals surface area contributed by atoms with Crippen LogP contribution >= 0.6 is 11.6 Å². The quantitative estimate of drug-likeness (QED) is 0.727. The Labute approximate surface area is 116 Å². The first-order valence-corrected chi connectivity index (χ1v) is 7.12. The number of aryl methyl sites for hydroxylation is 2. The van der Waals surface area contributed by atoms with E-state index in [0.29, 0.717) is 11.2 Å². The van der Waals surface area contributed by atoms with E-state index in [9.17, 15) is 0 Å². The number of rotatable bonds is 6. The minimum absolute atomic E-state index is 0.385. The fraction of sp³-hybridized carbons (Fsp3) is 0.714.